The Balaban J connectivity index is 2.37. The maximum atomic E-state index is 9.16. The molecule has 0 unspecified atom stereocenters. The lowest BCUT2D eigenvalue weighted by Gasteiger charge is -2.12. The van der Waals surface area contributed by atoms with E-state index in [9.17, 15) is 0 Å². The van der Waals surface area contributed by atoms with Crippen LogP contribution in [0.15, 0.2) is 46.9 Å². The Morgan fingerprint density at radius 2 is 1.74 bits per heavy atom. The van der Waals surface area contributed by atoms with Crippen LogP contribution in [0.3, 0.4) is 0 Å². The van der Waals surface area contributed by atoms with E-state index in [0.29, 0.717) is 33.9 Å². The van der Waals surface area contributed by atoms with Crippen LogP contribution in [-0.2, 0) is 0 Å². The Morgan fingerprint density at radius 3 is 2.42 bits per heavy atom. The molecule has 0 aliphatic carbocycles. The molecule has 4 heteroatoms. The van der Waals surface area contributed by atoms with Gasteiger partial charge in [-0.25, -0.2) is 0 Å². The number of ether oxygens (including phenoxy) is 2. The Kier molecular flexibility index (Phi) is 4.43. The monoisotopic (exact) mass is 317 g/mol. The van der Waals surface area contributed by atoms with Crippen LogP contribution >= 0.6 is 15.9 Å². The van der Waals surface area contributed by atoms with Crippen LogP contribution in [0.2, 0.25) is 0 Å². The summed E-state index contributed by atoms with van der Waals surface area (Å²) in [4.78, 5) is 0. The van der Waals surface area contributed by atoms with Gasteiger partial charge in [0.1, 0.15) is 17.4 Å². The lowest BCUT2D eigenvalue weighted by molar-refractivity contribution is 0.321. The Morgan fingerprint density at radius 1 is 1.05 bits per heavy atom. The lowest BCUT2D eigenvalue weighted by atomic mass is 10.2. The van der Waals surface area contributed by atoms with Gasteiger partial charge in [-0.2, -0.15) is 5.26 Å². The van der Waals surface area contributed by atoms with Crippen molar-refractivity contribution in [1.82, 2.24) is 0 Å². The van der Waals surface area contributed by atoms with Crippen LogP contribution in [0.4, 0.5) is 0 Å². The Labute approximate surface area is 120 Å². The van der Waals surface area contributed by atoms with E-state index in [-0.39, 0.29) is 0 Å². The summed E-state index contributed by atoms with van der Waals surface area (Å²) in [5.74, 6) is 1.76. The molecule has 96 valence electrons. The van der Waals surface area contributed by atoms with Gasteiger partial charge in [-0.05, 0) is 47.1 Å². The van der Waals surface area contributed by atoms with Crippen molar-refractivity contribution < 1.29 is 9.47 Å². The first-order chi connectivity index (χ1) is 9.26. The molecule has 2 aromatic carbocycles. The highest BCUT2D eigenvalue weighted by molar-refractivity contribution is 9.10. The topological polar surface area (TPSA) is 42.2 Å². The summed E-state index contributed by atoms with van der Waals surface area (Å²) in [5.41, 5.74) is 0.466. The molecular weight excluding hydrogens is 306 g/mol. The molecular formula is C15H12BrNO2. The fourth-order valence-corrected chi connectivity index (χ4v) is 2.06. The van der Waals surface area contributed by atoms with Crippen molar-refractivity contribution in [2.45, 2.75) is 6.92 Å². The number of halogens is 1. The number of hydrogen-bond donors (Lipinski definition) is 0. The zero-order valence-corrected chi connectivity index (χ0v) is 12.0. The maximum absolute atomic E-state index is 9.16. The summed E-state index contributed by atoms with van der Waals surface area (Å²) in [6.07, 6.45) is 0. The molecule has 2 aromatic rings. The smallest absolute Gasteiger partial charge is 0.169 e. The summed E-state index contributed by atoms with van der Waals surface area (Å²) in [6.45, 7) is 2.47. The molecule has 0 bridgehead atoms. The van der Waals surface area contributed by atoms with Gasteiger partial charge in [0.05, 0.1) is 6.61 Å². The lowest BCUT2D eigenvalue weighted by Crippen LogP contribution is -1.95. The predicted octanol–water partition coefficient (Wildman–Crippen LogP) is 4.51. The van der Waals surface area contributed by atoms with Crippen molar-refractivity contribution >= 4 is 15.9 Å². The normalized spacial score (nSPS) is 9.74. The van der Waals surface area contributed by atoms with Gasteiger partial charge in [0.2, 0.25) is 0 Å². The SMILES string of the molecule is CCOc1ccccc1Oc1cccc(Br)c1C#N. The average Bonchev–Trinajstić information content (AvgIpc) is 2.41. The molecule has 2 rings (SSSR count). The van der Waals surface area contributed by atoms with Crippen molar-refractivity contribution in [3.8, 4) is 23.3 Å². The minimum absolute atomic E-state index is 0.466. The van der Waals surface area contributed by atoms with Crippen LogP contribution in [0.25, 0.3) is 0 Å². The van der Waals surface area contributed by atoms with Crippen LogP contribution in [-0.4, -0.2) is 6.61 Å². The summed E-state index contributed by atoms with van der Waals surface area (Å²) >= 11 is 3.34. The third kappa shape index (κ3) is 3.07. The highest BCUT2D eigenvalue weighted by atomic mass is 79.9. The summed E-state index contributed by atoms with van der Waals surface area (Å²) in [5, 5.41) is 9.16. The second-order valence-corrected chi connectivity index (χ2v) is 4.56. The molecule has 0 atom stereocenters. The molecule has 0 aliphatic rings. The van der Waals surface area contributed by atoms with Crippen LogP contribution in [0.1, 0.15) is 12.5 Å². The third-order valence-corrected chi connectivity index (χ3v) is 3.12. The number of hydrogen-bond acceptors (Lipinski definition) is 3. The van der Waals surface area contributed by atoms with Crippen LogP contribution in [0.5, 0.6) is 17.2 Å². The first kappa shape index (κ1) is 13.4. The molecule has 19 heavy (non-hydrogen) atoms. The largest absolute Gasteiger partial charge is 0.490 e. The number of nitriles is 1. The summed E-state index contributed by atoms with van der Waals surface area (Å²) in [6, 6.07) is 14.9. The fourth-order valence-electron chi connectivity index (χ4n) is 1.63. The second-order valence-electron chi connectivity index (χ2n) is 3.71. The summed E-state index contributed by atoms with van der Waals surface area (Å²) < 4.78 is 12.0. The second kappa shape index (κ2) is 6.26. The number of nitrogens with zero attached hydrogens (tertiary/aromatic N) is 1. The highest BCUT2D eigenvalue weighted by Crippen LogP contribution is 2.34. The molecule has 0 heterocycles. The van der Waals surface area contributed by atoms with Gasteiger partial charge in [-0.3, -0.25) is 0 Å². The van der Waals surface area contributed by atoms with Crippen LogP contribution in [0, 0.1) is 11.3 Å². The Bertz CT molecular complexity index is 620. The van der Waals surface area contributed by atoms with Gasteiger partial charge in [-0.15, -0.1) is 0 Å². The molecule has 0 saturated heterocycles. The molecule has 0 spiro atoms. The van der Waals surface area contributed by atoms with E-state index in [0.717, 1.165) is 0 Å². The van der Waals surface area contributed by atoms with Gasteiger partial charge in [0.25, 0.3) is 0 Å². The first-order valence-electron chi connectivity index (χ1n) is 5.84. The van der Waals surface area contributed by atoms with Gasteiger partial charge < -0.3 is 9.47 Å². The standard InChI is InChI=1S/C15H12BrNO2/c1-2-18-14-7-3-4-8-15(14)19-13-9-5-6-12(16)11(13)10-17/h3-9H,2H2,1H3. The molecule has 0 fully saturated rings. The Hall–Kier alpha value is -1.99. The molecule has 0 saturated carbocycles. The zero-order valence-electron chi connectivity index (χ0n) is 10.4. The maximum Gasteiger partial charge on any atom is 0.169 e. The van der Waals surface area contributed by atoms with Crippen LogP contribution < -0.4 is 9.47 Å². The third-order valence-electron chi connectivity index (χ3n) is 2.46. The minimum Gasteiger partial charge on any atom is -0.490 e. The van der Waals surface area contributed by atoms with E-state index in [2.05, 4.69) is 22.0 Å². The van der Waals surface area contributed by atoms with Gasteiger partial charge >= 0.3 is 0 Å². The van der Waals surface area contributed by atoms with E-state index >= 15 is 0 Å². The molecule has 0 aromatic heterocycles. The first-order valence-corrected chi connectivity index (χ1v) is 6.64. The average molecular weight is 318 g/mol. The van der Waals surface area contributed by atoms with E-state index < -0.39 is 0 Å². The van der Waals surface area contributed by atoms with Gasteiger partial charge in [0, 0.05) is 4.47 Å². The summed E-state index contributed by atoms with van der Waals surface area (Å²) in [7, 11) is 0. The van der Waals surface area contributed by atoms with Crippen molar-refractivity contribution in [1.29, 1.82) is 5.26 Å². The highest BCUT2D eigenvalue weighted by Gasteiger charge is 2.10. The number of benzene rings is 2. The van der Waals surface area contributed by atoms with Gasteiger partial charge in [0.15, 0.2) is 11.5 Å². The van der Waals surface area contributed by atoms with E-state index in [4.69, 9.17) is 14.7 Å². The van der Waals surface area contributed by atoms with Crippen molar-refractivity contribution in [3.63, 3.8) is 0 Å². The van der Waals surface area contributed by atoms with E-state index in [1.54, 1.807) is 12.1 Å². The van der Waals surface area contributed by atoms with E-state index in [1.807, 2.05) is 37.3 Å². The molecule has 0 N–H and O–H groups in total. The zero-order chi connectivity index (χ0) is 13.7. The molecule has 3 nitrogen and oxygen atoms in total. The number of rotatable bonds is 4. The van der Waals surface area contributed by atoms with Crippen molar-refractivity contribution in [2.75, 3.05) is 6.61 Å². The predicted molar refractivity (Wildman–Crippen MR) is 76.5 cm³/mol. The van der Waals surface area contributed by atoms with E-state index in [1.165, 1.54) is 0 Å². The molecule has 0 radical (unpaired) electrons. The molecule has 0 amide bonds. The number of para-hydroxylation sites is 2. The van der Waals surface area contributed by atoms with Gasteiger partial charge in [-0.1, -0.05) is 18.2 Å². The van der Waals surface area contributed by atoms with Crippen molar-refractivity contribution in [3.05, 3.63) is 52.5 Å². The minimum atomic E-state index is 0.466. The quantitative estimate of drug-likeness (QED) is 0.833. The van der Waals surface area contributed by atoms with Crippen molar-refractivity contribution in [2.24, 2.45) is 0 Å². The molecule has 0 aliphatic heterocycles. The fraction of sp³-hybridized carbons (Fsp3) is 0.133.